The van der Waals surface area contributed by atoms with Gasteiger partial charge in [-0.2, -0.15) is 4.52 Å². The van der Waals surface area contributed by atoms with E-state index in [0.717, 1.165) is 42.4 Å². The minimum atomic E-state index is -0.0138. The minimum Gasteiger partial charge on any atom is -0.353 e. The molecular formula is C20H22N6O. The number of aryl methyl sites for hydroxylation is 1. The molecule has 7 nitrogen and oxygen atoms in total. The van der Waals surface area contributed by atoms with Gasteiger partial charge in [0.2, 0.25) is 0 Å². The zero-order valence-electron chi connectivity index (χ0n) is 15.3. The monoisotopic (exact) mass is 362 g/mol. The Morgan fingerprint density at radius 1 is 1.07 bits per heavy atom. The van der Waals surface area contributed by atoms with Crippen LogP contribution in [-0.2, 0) is 0 Å². The number of aromatic nitrogens is 4. The van der Waals surface area contributed by atoms with Crippen molar-refractivity contribution >= 4 is 17.4 Å². The molecule has 0 bridgehead atoms. The highest BCUT2D eigenvalue weighted by Crippen LogP contribution is 2.38. The minimum absolute atomic E-state index is 0.0138. The first-order valence-electron chi connectivity index (χ1n) is 9.52. The SMILES string of the molecule is Cc1ccc(C(=O)NC2CCN(c3ccc4nnc(C5CC5)n4n3)C2)cc1. The van der Waals surface area contributed by atoms with Gasteiger partial charge in [0.1, 0.15) is 5.82 Å². The fraction of sp³-hybridized carbons (Fsp3) is 0.400. The summed E-state index contributed by atoms with van der Waals surface area (Å²) in [5.74, 6) is 2.37. The fourth-order valence-corrected chi connectivity index (χ4v) is 3.62. The molecule has 2 fully saturated rings. The summed E-state index contributed by atoms with van der Waals surface area (Å²) in [4.78, 5) is 14.7. The number of hydrogen-bond acceptors (Lipinski definition) is 5. The van der Waals surface area contributed by atoms with Crippen molar-refractivity contribution in [3.8, 4) is 0 Å². The number of rotatable bonds is 4. The van der Waals surface area contributed by atoms with Crippen LogP contribution in [0.25, 0.3) is 5.65 Å². The molecule has 3 heterocycles. The second-order valence-electron chi connectivity index (χ2n) is 7.57. The van der Waals surface area contributed by atoms with Gasteiger partial charge in [-0.1, -0.05) is 17.7 Å². The van der Waals surface area contributed by atoms with Gasteiger partial charge in [-0.3, -0.25) is 4.79 Å². The molecule has 5 rings (SSSR count). The smallest absolute Gasteiger partial charge is 0.251 e. The standard InChI is InChI=1S/C20H22N6O/c1-13-2-4-15(5-3-13)20(27)21-16-10-11-25(12-16)18-9-8-17-22-23-19(14-6-7-14)26(17)24-18/h2-5,8-9,14,16H,6-7,10-12H2,1H3,(H,21,27). The molecule has 1 amide bonds. The summed E-state index contributed by atoms with van der Waals surface area (Å²) in [5, 5.41) is 16.4. The molecule has 1 N–H and O–H groups in total. The second kappa shape index (κ2) is 6.33. The van der Waals surface area contributed by atoms with Gasteiger partial charge in [0.05, 0.1) is 0 Å². The van der Waals surface area contributed by atoms with Gasteiger partial charge >= 0.3 is 0 Å². The first-order valence-corrected chi connectivity index (χ1v) is 9.52. The average molecular weight is 362 g/mol. The molecule has 138 valence electrons. The van der Waals surface area contributed by atoms with E-state index in [-0.39, 0.29) is 11.9 Å². The lowest BCUT2D eigenvalue weighted by molar-refractivity contribution is 0.0940. The first kappa shape index (κ1) is 16.2. The van der Waals surface area contributed by atoms with Crippen LogP contribution in [0, 0.1) is 6.92 Å². The zero-order valence-corrected chi connectivity index (χ0v) is 15.3. The number of benzene rings is 1. The number of carbonyl (C=O) groups excluding carboxylic acids is 1. The van der Waals surface area contributed by atoms with Crippen LogP contribution in [-0.4, -0.2) is 44.8 Å². The Morgan fingerprint density at radius 2 is 1.89 bits per heavy atom. The highest BCUT2D eigenvalue weighted by Gasteiger charge is 2.30. The number of nitrogens with zero attached hydrogens (tertiary/aromatic N) is 5. The maximum atomic E-state index is 12.5. The molecule has 1 saturated heterocycles. The van der Waals surface area contributed by atoms with Gasteiger partial charge in [-0.25, -0.2) is 0 Å². The topological polar surface area (TPSA) is 75.4 Å². The first-order chi connectivity index (χ1) is 13.2. The number of fused-ring (bicyclic) bond motifs is 1. The molecule has 1 aromatic carbocycles. The third-order valence-corrected chi connectivity index (χ3v) is 5.38. The molecule has 7 heteroatoms. The van der Waals surface area contributed by atoms with E-state index in [4.69, 9.17) is 5.10 Å². The van der Waals surface area contributed by atoms with Crippen LogP contribution < -0.4 is 10.2 Å². The predicted octanol–water partition coefficient (Wildman–Crippen LogP) is 2.32. The molecule has 0 spiro atoms. The van der Waals surface area contributed by atoms with Crippen molar-refractivity contribution in [3.05, 3.63) is 53.3 Å². The van der Waals surface area contributed by atoms with Gasteiger partial charge in [-0.15, -0.1) is 15.3 Å². The Bertz CT molecular complexity index is 991. The Hall–Kier alpha value is -2.96. The number of carbonyl (C=O) groups is 1. The van der Waals surface area contributed by atoms with E-state index < -0.39 is 0 Å². The molecule has 1 atom stereocenters. The number of hydrogen-bond donors (Lipinski definition) is 1. The van der Waals surface area contributed by atoms with E-state index in [2.05, 4.69) is 20.4 Å². The highest BCUT2D eigenvalue weighted by atomic mass is 16.1. The lowest BCUT2D eigenvalue weighted by Gasteiger charge is -2.18. The Labute approximate surface area is 157 Å². The maximum Gasteiger partial charge on any atom is 0.251 e. The van der Waals surface area contributed by atoms with E-state index in [9.17, 15) is 4.79 Å². The second-order valence-corrected chi connectivity index (χ2v) is 7.57. The molecular weight excluding hydrogens is 340 g/mol. The zero-order chi connectivity index (χ0) is 18.4. The van der Waals surface area contributed by atoms with Crippen molar-refractivity contribution in [2.24, 2.45) is 0 Å². The fourth-order valence-electron chi connectivity index (χ4n) is 3.62. The highest BCUT2D eigenvalue weighted by molar-refractivity contribution is 5.94. The van der Waals surface area contributed by atoms with Crippen molar-refractivity contribution in [2.45, 2.75) is 38.1 Å². The lowest BCUT2D eigenvalue weighted by Crippen LogP contribution is -2.37. The van der Waals surface area contributed by atoms with E-state index in [0.29, 0.717) is 11.5 Å². The predicted molar refractivity (Wildman–Crippen MR) is 102 cm³/mol. The van der Waals surface area contributed by atoms with E-state index in [1.807, 2.05) is 47.8 Å². The molecule has 3 aromatic rings. The molecule has 1 unspecified atom stereocenters. The summed E-state index contributed by atoms with van der Waals surface area (Å²) >= 11 is 0. The Morgan fingerprint density at radius 3 is 2.67 bits per heavy atom. The molecule has 1 saturated carbocycles. The number of anilines is 1. The molecule has 2 aliphatic rings. The van der Waals surface area contributed by atoms with Crippen LogP contribution in [0.3, 0.4) is 0 Å². The van der Waals surface area contributed by atoms with Crippen LogP contribution in [0.5, 0.6) is 0 Å². The van der Waals surface area contributed by atoms with Crippen LogP contribution in [0.1, 0.15) is 46.9 Å². The van der Waals surface area contributed by atoms with Crippen molar-refractivity contribution in [1.29, 1.82) is 0 Å². The summed E-state index contributed by atoms with van der Waals surface area (Å²) in [6, 6.07) is 11.8. The molecule has 1 aliphatic carbocycles. The molecule has 0 radical (unpaired) electrons. The average Bonchev–Trinajstić information content (AvgIpc) is 3.26. The normalized spacial score (nSPS) is 19.6. The van der Waals surface area contributed by atoms with Crippen LogP contribution in [0.2, 0.25) is 0 Å². The quantitative estimate of drug-likeness (QED) is 0.771. The molecule has 1 aliphatic heterocycles. The number of nitrogens with one attached hydrogen (secondary N) is 1. The van der Waals surface area contributed by atoms with Crippen molar-refractivity contribution in [1.82, 2.24) is 25.1 Å². The van der Waals surface area contributed by atoms with Gasteiger partial charge in [0.25, 0.3) is 5.91 Å². The summed E-state index contributed by atoms with van der Waals surface area (Å²) in [7, 11) is 0. The Balaban J connectivity index is 1.29. The van der Waals surface area contributed by atoms with Gasteiger partial charge in [0.15, 0.2) is 11.5 Å². The van der Waals surface area contributed by atoms with E-state index >= 15 is 0 Å². The molecule has 2 aromatic heterocycles. The summed E-state index contributed by atoms with van der Waals surface area (Å²) < 4.78 is 1.88. The Kier molecular flexibility index (Phi) is 3.81. The van der Waals surface area contributed by atoms with Gasteiger partial charge < -0.3 is 10.2 Å². The van der Waals surface area contributed by atoms with E-state index in [1.165, 1.54) is 12.8 Å². The van der Waals surface area contributed by atoms with Crippen LogP contribution in [0.15, 0.2) is 36.4 Å². The van der Waals surface area contributed by atoms with Crippen molar-refractivity contribution in [3.63, 3.8) is 0 Å². The summed E-state index contributed by atoms with van der Waals surface area (Å²) in [6.45, 7) is 3.65. The molecule has 27 heavy (non-hydrogen) atoms. The number of amides is 1. The largest absolute Gasteiger partial charge is 0.353 e. The van der Waals surface area contributed by atoms with Crippen molar-refractivity contribution in [2.75, 3.05) is 18.0 Å². The van der Waals surface area contributed by atoms with Gasteiger partial charge in [-0.05, 0) is 50.5 Å². The summed E-state index contributed by atoms with van der Waals surface area (Å²) in [5.41, 5.74) is 2.65. The third kappa shape index (κ3) is 3.13. The van der Waals surface area contributed by atoms with E-state index in [1.54, 1.807) is 0 Å². The van der Waals surface area contributed by atoms with Crippen LogP contribution in [0.4, 0.5) is 5.82 Å². The van der Waals surface area contributed by atoms with Crippen LogP contribution >= 0.6 is 0 Å². The third-order valence-electron chi connectivity index (χ3n) is 5.38. The summed E-state index contributed by atoms with van der Waals surface area (Å²) in [6.07, 6.45) is 3.25. The van der Waals surface area contributed by atoms with Gasteiger partial charge in [0, 0.05) is 30.6 Å². The maximum absolute atomic E-state index is 12.5. The van der Waals surface area contributed by atoms with Crippen molar-refractivity contribution < 1.29 is 4.79 Å². The lowest BCUT2D eigenvalue weighted by atomic mass is 10.1.